The standard InChI is InChI=1S/C22H15Cl2FN2O/c23-15-10-17-20-12-19(13-4-2-1-3-5-13)26-27(20)22(28-21(17)18(24)11-15)14-6-8-16(25)9-7-14/h1-11,20,22H,12H2/t20-,22-/m0/s1. The highest BCUT2D eigenvalue weighted by atomic mass is 35.5. The Morgan fingerprint density at radius 2 is 1.75 bits per heavy atom. The summed E-state index contributed by atoms with van der Waals surface area (Å²) in [5.41, 5.74) is 3.74. The summed E-state index contributed by atoms with van der Waals surface area (Å²) in [6, 6.07) is 19.8. The highest BCUT2D eigenvalue weighted by Gasteiger charge is 2.42. The van der Waals surface area contributed by atoms with Crippen LogP contribution in [-0.4, -0.2) is 10.7 Å². The molecule has 0 aromatic heterocycles. The van der Waals surface area contributed by atoms with Gasteiger partial charge in [-0.1, -0.05) is 65.7 Å². The van der Waals surface area contributed by atoms with E-state index in [1.807, 2.05) is 41.4 Å². The van der Waals surface area contributed by atoms with Crippen molar-refractivity contribution < 1.29 is 9.13 Å². The van der Waals surface area contributed by atoms with E-state index in [2.05, 4.69) is 0 Å². The molecule has 0 amide bonds. The van der Waals surface area contributed by atoms with Crippen molar-refractivity contribution in [2.24, 2.45) is 5.10 Å². The van der Waals surface area contributed by atoms with Crippen LogP contribution in [0.1, 0.15) is 35.4 Å². The smallest absolute Gasteiger partial charge is 0.213 e. The molecule has 140 valence electrons. The van der Waals surface area contributed by atoms with Gasteiger partial charge in [0.2, 0.25) is 6.23 Å². The fraction of sp³-hybridized carbons (Fsp3) is 0.136. The Bertz CT molecular complexity index is 1070. The Morgan fingerprint density at radius 3 is 2.50 bits per heavy atom. The fourth-order valence-corrected chi connectivity index (χ4v) is 4.32. The number of hydrogen-bond acceptors (Lipinski definition) is 3. The summed E-state index contributed by atoms with van der Waals surface area (Å²) < 4.78 is 19.7. The summed E-state index contributed by atoms with van der Waals surface area (Å²) in [5.74, 6) is 0.308. The molecule has 28 heavy (non-hydrogen) atoms. The predicted octanol–water partition coefficient (Wildman–Crippen LogP) is 6.37. The molecule has 2 aliphatic rings. The van der Waals surface area contributed by atoms with Crippen LogP contribution in [0.25, 0.3) is 0 Å². The molecule has 3 nitrogen and oxygen atoms in total. The Balaban J connectivity index is 1.63. The average molecular weight is 413 g/mol. The first kappa shape index (κ1) is 17.5. The topological polar surface area (TPSA) is 24.8 Å². The predicted molar refractivity (Wildman–Crippen MR) is 108 cm³/mol. The largest absolute Gasteiger partial charge is 0.463 e. The second-order valence-corrected chi connectivity index (χ2v) is 7.68. The molecular formula is C22H15Cl2FN2O. The van der Waals surface area contributed by atoms with Gasteiger partial charge >= 0.3 is 0 Å². The van der Waals surface area contributed by atoms with Crippen LogP contribution in [0.15, 0.2) is 71.8 Å². The molecule has 0 saturated carbocycles. The number of nitrogens with zero attached hydrogens (tertiary/aromatic N) is 2. The summed E-state index contributed by atoms with van der Waals surface area (Å²) in [5, 5.41) is 7.80. The second-order valence-electron chi connectivity index (χ2n) is 6.84. The van der Waals surface area contributed by atoms with E-state index in [0.717, 1.165) is 22.4 Å². The van der Waals surface area contributed by atoms with Crippen LogP contribution in [0.2, 0.25) is 10.0 Å². The van der Waals surface area contributed by atoms with Crippen molar-refractivity contribution in [3.05, 3.63) is 99.3 Å². The average Bonchev–Trinajstić information content (AvgIpc) is 3.15. The molecule has 0 fully saturated rings. The number of fused-ring (bicyclic) bond motifs is 3. The Kier molecular flexibility index (Phi) is 4.26. The summed E-state index contributed by atoms with van der Waals surface area (Å²) in [7, 11) is 0. The molecule has 0 radical (unpaired) electrons. The maximum absolute atomic E-state index is 13.4. The van der Waals surface area contributed by atoms with Crippen LogP contribution in [0, 0.1) is 5.82 Å². The zero-order valence-electron chi connectivity index (χ0n) is 14.6. The van der Waals surface area contributed by atoms with E-state index in [1.54, 1.807) is 18.2 Å². The number of hydrogen-bond donors (Lipinski definition) is 0. The van der Waals surface area contributed by atoms with E-state index in [4.69, 9.17) is 33.0 Å². The maximum atomic E-state index is 13.4. The van der Waals surface area contributed by atoms with Crippen molar-refractivity contribution in [2.75, 3.05) is 0 Å². The van der Waals surface area contributed by atoms with Crippen LogP contribution < -0.4 is 4.74 Å². The molecule has 2 heterocycles. The molecule has 2 atom stereocenters. The van der Waals surface area contributed by atoms with Gasteiger partial charge in [0.1, 0.15) is 11.6 Å². The molecule has 2 aliphatic heterocycles. The van der Waals surface area contributed by atoms with Crippen molar-refractivity contribution in [3.63, 3.8) is 0 Å². The maximum Gasteiger partial charge on any atom is 0.213 e. The van der Waals surface area contributed by atoms with Crippen molar-refractivity contribution >= 4 is 28.9 Å². The summed E-state index contributed by atoms with van der Waals surface area (Å²) in [6.07, 6.45) is 0.201. The van der Waals surface area contributed by atoms with E-state index in [-0.39, 0.29) is 11.9 Å². The Morgan fingerprint density at radius 1 is 1.00 bits per heavy atom. The highest BCUT2D eigenvalue weighted by Crippen LogP contribution is 2.50. The second kappa shape index (κ2) is 6.80. The molecule has 0 aliphatic carbocycles. The van der Waals surface area contributed by atoms with Crippen LogP contribution in [0.5, 0.6) is 5.75 Å². The molecule has 0 unspecified atom stereocenters. The van der Waals surface area contributed by atoms with E-state index in [0.29, 0.717) is 22.2 Å². The lowest BCUT2D eigenvalue weighted by Crippen LogP contribution is -2.33. The first-order valence-electron chi connectivity index (χ1n) is 8.92. The van der Waals surface area contributed by atoms with Gasteiger partial charge in [-0.2, -0.15) is 5.10 Å². The third kappa shape index (κ3) is 2.93. The molecule has 0 bridgehead atoms. The van der Waals surface area contributed by atoms with Gasteiger partial charge in [0.25, 0.3) is 0 Å². The lowest BCUT2D eigenvalue weighted by Gasteiger charge is -2.38. The molecule has 0 saturated heterocycles. The zero-order valence-corrected chi connectivity index (χ0v) is 16.2. The lowest BCUT2D eigenvalue weighted by molar-refractivity contribution is -0.0189. The van der Waals surface area contributed by atoms with Gasteiger partial charge in [0.15, 0.2) is 0 Å². The lowest BCUT2D eigenvalue weighted by atomic mass is 9.96. The molecule has 0 spiro atoms. The van der Waals surface area contributed by atoms with Gasteiger partial charge in [-0.25, -0.2) is 9.40 Å². The van der Waals surface area contributed by atoms with Crippen LogP contribution >= 0.6 is 23.2 Å². The molecule has 0 N–H and O–H groups in total. The minimum Gasteiger partial charge on any atom is -0.463 e. The van der Waals surface area contributed by atoms with Gasteiger partial charge in [-0.3, -0.25) is 0 Å². The summed E-state index contributed by atoms with van der Waals surface area (Å²) >= 11 is 12.7. The van der Waals surface area contributed by atoms with Crippen molar-refractivity contribution in [1.82, 2.24) is 5.01 Å². The van der Waals surface area contributed by atoms with Crippen molar-refractivity contribution in [2.45, 2.75) is 18.7 Å². The minimum absolute atomic E-state index is 0.0646. The number of ether oxygens (including phenoxy) is 1. The molecular weight excluding hydrogens is 398 g/mol. The van der Waals surface area contributed by atoms with E-state index < -0.39 is 6.23 Å². The summed E-state index contributed by atoms with van der Waals surface area (Å²) in [6.45, 7) is 0. The normalized spacial score (nSPS) is 20.2. The first-order valence-corrected chi connectivity index (χ1v) is 9.68. The molecule has 6 heteroatoms. The van der Waals surface area contributed by atoms with Crippen molar-refractivity contribution in [1.29, 1.82) is 0 Å². The van der Waals surface area contributed by atoms with E-state index in [9.17, 15) is 4.39 Å². The van der Waals surface area contributed by atoms with Crippen molar-refractivity contribution in [3.8, 4) is 5.75 Å². The van der Waals surface area contributed by atoms with Gasteiger partial charge in [0.05, 0.1) is 16.8 Å². The van der Waals surface area contributed by atoms with Gasteiger partial charge in [0, 0.05) is 22.6 Å². The van der Waals surface area contributed by atoms with Crippen LogP contribution in [0.3, 0.4) is 0 Å². The number of benzene rings is 3. The van der Waals surface area contributed by atoms with Crippen LogP contribution in [0.4, 0.5) is 4.39 Å². The minimum atomic E-state index is -0.502. The van der Waals surface area contributed by atoms with Gasteiger partial charge in [-0.15, -0.1) is 0 Å². The molecule has 3 aromatic carbocycles. The third-order valence-corrected chi connectivity index (χ3v) is 5.57. The van der Waals surface area contributed by atoms with E-state index >= 15 is 0 Å². The van der Waals surface area contributed by atoms with Crippen LogP contribution in [-0.2, 0) is 0 Å². The third-order valence-electron chi connectivity index (χ3n) is 5.07. The Hall–Kier alpha value is -2.56. The molecule has 3 aromatic rings. The van der Waals surface area contributed by atoms with E-state index in [1.165, 1.54) is 12.1 Å². The van der Waals surface area contributed by atoms with Gasteiger partial charge in [-0.05, 0) is 29.8 Å². The quantitative estimate of drug-likeness (QED) is 0.487. The monoisotopic (exact) mass is 412 g/mol. The first-order chi connectivity index (χ1) is 13.6. The number of rotatable bonds is 2. The number of hydrazone groups is 1. The fourth-order valence-electron chi connectivity index (χ4n) is 3.77. The Labute approximate surface area is 172 Å². The molecule has 5 rings (SSSR count). The van der Waals surface area contributed by atoms with Gasteiger partial charge < -0.3 is 4.74 Å². The number of halogens is 3. The zero-order chi connectivity index (χ0) is 19.3. The summed E-state index contributed by atoms with van der Waals surface area (Å²) in [4.78, 5) is 0. The highest BCUT2D eigenvalue weighted by molar-refractivity contribution is 6.35. The SMILES string of the molecule is Fc1ccc([C@@H]2Oc3c(Cl)cc(Cl)cc3[C@@H]3CC(c4ccccc4)=NN32)cc1.